The van der Waals surface area contributed by atoms with Gasteiger partial charge in [0.15, 0.2) is 0 Å². The van der Waals surface area contributed by atoms with Crippen LogP contribution in [0.5, 0.6) is 0 Å². The first kappa shape index (κ1) is 15.8. The normalized spacial score (nSPS) is 33.4. The Morgan fingerprint density at radius 3 is 2.88 bits per heavy atom. The summed E-state index contributed by atoms with van der Waals surface area (Å²) in [6.45, 7) is 4.03. The zero-order valence-electron chi connectivity index (χ0n) is 13.4. The molecular formula is C18H18BrNO4. The lowest BCUT2D eigenvalue weighted by Crippen LogP contribution is -2.40. The summed E-state index contributed by atoms with van der Waals surface area (Å²) in [5.74, 6) is -1.53. The molecule has 3 heterocycles. The van der Waals surface area contributed by atoms with Gasteiger partial charge < -0.3 is 14.4 Å². The van der Waals surface area contributed by atoms with Gasteiger partial charge in [-0.3, -0.25) is 9.59 Å². The maximum absolute atomic E-state index is 13.1. The van der Waals surface area contributed by atoms with Crippen molar-refractivity contribution in [1.29, 1.82) is 0 Å². The Bertz CT molecular complexity index is 746. The van der Waals surface area contributed by atoms with E-state index in [9.17, 15) is 9.59 Å². The molecule has 2 bridgehead atoms. The maximum atomic E-state index is 13.1. The van der Waals surface area contributed by atoms with Crippen LogP contribution in [0.4, 0.5) is 5.69 Å². The highest BCUT2D eigenvalue weighted by molar-refractivity contribution is 9.10. The third-order valence-electron chi connectivity index (χ3n) is 4.87. The van der Waals surface area contributed by atoms with E-state index in [1.807, 2.05) is 36.4 Å². The molecule has 0 unspecified atom stereocenters. The van der Waals surface area contributed by atoms with Crippen molar-refractivity contribution in [2.45, 2.75) is 31.7 Å². The SMILES string of the molecule is CC(C)OC(=O)[C@H]1[C@H]2C(=O)N(c3ccccc3Br)C[C@]23C=C[C@H]1O3. The van der Waals surface area contributed by atoms with Crippen LogP contribution in [0.25, 0.3) is 0 Å². The fourth-order valence-corrected chi connectivity index (χ4v) is 4.45. The van der Waals surface area contributed by atoms with E-state index in [2.05, 4.69) is 15.9 Å². The molecule has 0 radical (unpaired) electrons. The molecule has 24 heavy (non-hydrogen) atoms. The van der Waals surface area contributed by atoms with Gasteiger partial charge in [-0.15, -0.1) is 0 Å². The highest BCUT2D eigenvalue weighted by Crippen LogP contribution is 2.53. The Labute approximate surface area is 148 Å². The molecule has 5 nitrogen and oxygen atoms in total. The Kier molecular flexibility index (Phi) is 3.58. The summed E-state index contributed by atoms with van der Waals surface area (Å²) in [4.78, 5) is 27.3. The second-order valence-corrected chi connectivity index (χ2v) is 7.62. The minimum absolute atomic E-state index is 0.0838. The number of benzene rings is 1. The molecule has 126 valence electrons. The summed E-state index contributed by atoms with van der Waals surface area (Å²) < 4.78 is 12.3. The van der Waals surface area contributed by atoms with Gasteiger partial charge in [0.25, 0.3) is 0 Å². The lowest BCUT2D eigenvalue weighted by molar-refractivity contribution is -0.156. The number of hydrogen-bond acceptors (Lipinski definition) is 4. The second-order valence-electron chi connectivity index (χ2n) is 6.76. The van der Waals surface area contributed by atoms with Crippen LogP contribution in [0.15, 0.2) is 40.9 Å². The molecule has 2 fully saturated rings. The molecule has 4 atom stereocenters. The van der Waals surface area contributed by atoms with Crippen LogP contribution in [-0.4, -0.2) is 36.2 Å². The van der Waals surface area contributed by atoms with Gasteiger partial charge in [-0.2, -0.15) is 0 Å². The third-order valence-corrected chi connectivity index (χ3v) is 5.54. The molecule has 0 saturated carbocycles. The monoisotopic (exact) mass is 391 g/mol. The van der Waals surface area contributed by atoms with Crippen LogP contribution >= 0.6 is 15.9 Å². The number of nitrogens with zero attached hydrogens (tertiary/aromatic N) is 1. The molecule has 1 amide bonds. The molecule has 0 aliphatic carbocycles. The predicted molar refractivity (Wildman–Crippen MR) is 91.4 cm³/mol. The number of ether oxygens (including phenoxy) is 2. The molecule has 1 aromatic carbocycles. The number of carbonyl (C=O) groups excluding carboxylic acids is 2. The number of rotatable bonds is 3. The summed E-state index contributed by atoms with van der Waals surface area (Å²) in [6.07, 6.45) is 3.24. The zero-order chi connectivity index (χ0) is 17.1. The predicted octanol–water partition coefficient (Wildman–Crippen LogP) is 2.69. The minimum Gasteiger partial charge on any atom is -0.463 e. The highest BCUT2D eigenvalue weighted by Gasteiger charge is 2.67. The molecular weight excluding hydrogens is 374 g/mol. The first-order chi connectivity index (χ1) is 11.4. The Morgan fingerprint density at radius 1 is 1.42 bits per heavy atom. The molecule has 1 aromatic rings. The molecule has 2 saturated heterocycles. The van der Waals surface area contributed by atoms with Crippen LogP contribution in [-0.2, 0) is 19.1 Å². The van der Waals surface area contributed by atoms with E-state index >= 15 is 0 Å². The molecule has 3 aliphatic heterocycles. The van der Waals surface area contributed by atoms with Crippen molar-refractivity contribution in [3.8, 4) is 0 Å². The van der Waals surface area contributed by atoms with Crippen molar-refractivity contribution < 1.29 is 19.1 Å². The van der Waals surface area contributed by atoms with E-state index < -0.39 is 17.4 Å². The van der Waals surface area contributed by atoms with Gasteiger partial charge >= 0.3 is 5.97 Å². The smallest absolute Gasteiger partial charge is 0.313 e. The van der Waals surface area contributed by atoms with Crippen molar-refractivity contribution in [3.63, 3.8) is 0 Å². The first-order valence-corrected chi connectivity index (χ1v) is 8.86. The largest absolute Gasteiger partial charge is 0.463 e. The molecule has 0 aromatic heterocycles. The fraction of sp³-hybridized carbons (Fsp3) is 0.444. The van der Waals surface area contributed by atoms with Gasteiger partial charge in [0.1, 0.15) is 11.5 Å². The fourth-order valence-electron chi connectivity index (χ4n) is 3.95. The van der Waals surface area contributed by atoms with Gasteiger partial charge in [0.2, 0.25) is 5.91 Å². The second kappa shape index (κ2) is 5.43. The van der Waals surface area contributed by atoms with Crippen LogP contribution in [0, 0.1) is 11.8 Å². The van der Waals surface area contributed by atoms with Crippen LogP contribution in [0.2, 0.25) is 0 Å². The lowest BCUT2D eigenvalue weighted by atomic mass is 9.77. The Morgan fingerprint density at radius 2 is 2.17 bits per heavy atom. The number of halogens is 1. The number of carbonyl (C=O) groups is 2. The van der Waals surface area contributed by atoms with Crippen molar-refractivity contribution >= 4 is 33.5 Å². The molecule has 0 N–H and O–H groups in total. The highest BCUT2D eigenvalue weighted by atomic mass is 79.9. The number of fused-ring (bicyclic) bond motifs is 1. The van der Waals surface area contributed by atoms with Gasteiger partial charge in [0.05, 0.1) is 30.4 Å². The van der Waals surface area contributed by atoms with Crippen LogP contribution < -0.4 is 4.90 Å². The standard InChI is InChI=1S/C18H18BrNO4/c1-10(2)23-17(22)14-13-7-8-18(24-13)9-20(16(21)15(14)18)12-6-4-3-5-11(12)19/h3-8,10,13-15H,9H2,1-2H3/t13-,14-,15+,18-/m1/s1. The van der Waals surface area contributed by atoms with E-state index in [4.69, 9.17) is 9.47 Å². The number of esters is 1. The quantitative estimate of drug-likeness (QED) is 0.587. The first-order valence-electron chi connectivity index (χ1n) is 8.06. The topological polar surface area (TPSA) is 55.8 Å². The minimum atomic E-state index is -0.725. The van der Waals surface area contributed by atoms with Crippen molar-refractivity contribution in [2.24, 2.45) is 11.8 Å². The number of hydrogen-bond donors (Lipinski definition) is 0. The Balaban J connectivity index is 1.69. The number of amides is 1. The number of para-hydroxylation sites is 1. The average Bonchev–Trinajstić information content (AvgIpc) is 3.15. The van der Waals surface area contributed by atoms with E-state index in [0.717, 1.165) is 10.2 Å². The Hall–Kier alpha value is -1.66. The molecule has 6 heteroatoms. The lowest BCUT2D eigenvalue weighted by Gasteiger charge is -2.23. The van der Waals surface area contributed by atoms with Crippen LogP contribution in [0.1, 0.15) is 13.8 Å². The van der Waals surface area contributed by atoms with Gasteiger partial charge in [-0.1, -0.05) is 24.3 Å². The summed E-state index contributed by atoms with van der Waals surface area (Å²) in [5, 5.41) is 0. The molecule has 1 spiro atoms. The van der Waals surface area contributed by atoms with E-state index in [1.165, 1.54) is 0 Å². The average molecular weight is 392 g/mol. The van der Waals surface area contributed by atoms with Gasteiger partial charge in [-0.25, -0.2) is 0 Å². The zero-order valence-corrected chi connectivity index (χ0v) is 15.0. The van der Waals surface area contributed by atoms with Gasteiger partial charge in [-0.05, 0) is 41.9 Å². The van der Waals surface area contributed by atoms with E-state index in [1.54, 1.807) is 18.7 Å². The van der Waals surface area contributed by atoms with Crippen LogP contribution in [0.3, 0.4) is 0 Å². The summed E-state index contributed by atoms with van der Waals surface area (Å²) >= 11 is 3.50. The summed E-state index contributed by atoms with van der Waals surface area (Å²) in [5.41, 5.74) is 0.0697. The van der Waals surface area contributed by atoms with E-state index in [0.29, 0.717) is 6.54 Å². The summed E-state index contributed by atoms with van der Waals surface area (Å²) in [6, 6.07) is 7.57. The summed E-state index contributed by atoms with van der Waals surface area (Å²) in [7, 11) is 0. The molecule has 3 aliphatic rings. The van der Waals surface area contributed by atoms with Crippen molar-refractivity contribution in [2.75, 3.05) is 11.4 Å². The van der Waals surface area contributed by atoms with E-state index in [-0.39, 0.29) is 24.1 Å². The third kappa shape index (κ3) is 2.16. The molecule has 4 rings (SSSR count). The number of anilines is 1. The van der Waals surface area contributed by atoms with Crippen molar-refractivity contribution in [1.82, 2.24) is 0 Å². The maximum Gasteiger partial charge on any atom is 0.313 e. The van der Waals surface area contributed by atoms with Gasteiger partial charge in [0, 0.05) is 4.47 Å². The van der Waals surface area contributed by atoms with Crippen molar-refractivity contribution in [3.05, 3.63) is 40.9 Å².